The second kappa shape index (κ2) is 8.53. The molecule has 6 nitrogen and oxygen atoms in total. The molecule has 0 aliphatic carbocycles. The van der Waals surface area contributed by atoms with E-state index in [0.29, 0.717) is 17.1 Å². The first kappa shape index (κ1) is 21.1. The van der Waals surface area contributed by atoms with Crippen molar-refractivity contribution in [2.75, 3.05) is 16.8 Å². The summed E-state index contributed by atoms with van der Waals surface area (Å²) in [6.45, 7) is 8.88. The van der Waals surface area contributed by atoms with Crippen LogP contribution in [0.25, 0.3) is 6.08 Å². The summed E-state index contributed by atoms with van der Waals surface area (Å²) in [5, 5.41) is 21.4. The highest BCUT2D eigenvalue weighted by atomic mass is 15.3. The summed E-state index contributed by atoms with van der Waals surface area (Å²) in [6.07, 6.45) is 2.81. The Kier molecular flexibility index (Phi) is 5.62. The summed E-state index contributed by atoms with van der Waals surface area (Å²) in [5.74, 6) is 1.47. The Labute approximate surface area is 188 Å². The molecule has 2 heterocycles. The fourth-order valence-electron chi connectivity index (χ4n) is 4.24. The lowest BCUT2D eigenvalue weighted by molar-refractivity contribution is 0.975. The highest BCUT2D eigenvalue weighted by Crippen LogP contribution is 2.39. The molecule has 32 heavy (non-hydrogen) atoms. The lowest BCUT2D eigenvalue weighted by atomic mass is 10.0. The van der Waals surface area contributed by atoms with Crippen LogP contribution in [0.15, 0.2) is 42.0 Å². The molecule has 0 amide bonds. The molecule has 1 aliphatic heterocycles. The largest absolute Gasteiger partial charge is 0.325 e. The summed E-state index contributed by atoms with van der Waals surface area (Å²) in [4.78, 5) is 11.8. The normalized spacial score (nSPS) is 12.8. The molecule has 158 valence electrons. The van der Waals surface area contributed by atoms with E-state index in [1.54, 1.807) is 12.1 Å². The Morgan fingerprint density at radius 2 is 1.75 bits per heavy atom. The smallest absolute Gasteiger partial charge is 0.229 e. The maximum atomic E-state index is 9.09. The Morgan fingerprint density at radius 1 is 1.06 bits per heavy atom. The molecule has 0 radical (unpaired) electrons. The second-order valence-corrected chi connectivity index (χ2v) is 8.09. The van der Waals surface area contributed by atoms with E-state index in [4.69, 9.17) is 15.5 Å². The molecule has 0 spiro atoms. The number of aromatic nitrogens is 2. The Hall–Kier alpha value is -4.16. The summed E-state index contributed by atoms with van der Waals surface area (Å²) in [7, 11) is 0. The van der Waals surface area contributed by atoms with Crippen molar-refractivity contribution in [2.24, 2.45) is 0 Å². The van der Waals surface area contributed by atoms with Crippen molar-refractivity contribution in [3.63, 3.8) is 0 Å². The average molecular weight is 421 g/mol. The number of aryl methyl sites for hydroxylation is 3. The lowest BCUT2D eigenvalue weighted by Crippen LogP contribution is -2.17. The highest BCUT2D eigenvalue weighted by Gasteiger charge is 2.27. The van der Waals surface area contributed by atoms with Gasteiger partial charge in [0, 0.05) is 34.8 Å². The van der Waals surface area contributed by atoms with Crippen molar-refractivity contribution >= 4 is 29.2 Å². The molecule has 0 atom stereocenters. The zero-order valence-electron chi connectivity index (χ0n) is 18.7. The molecule has 1 N–H and O–H groups in total. The molecule has 0 saturated carbocycles. The van der Waals surface area contributed by atoms with Gasteiger partial charge in [0.05, 0.1) is 17.7 Å². The monoisotopic (exact) mass is 420 g/mol. The van der Waals surface area contributed by atoms with E-state index < -0.39 is 0 Å². The van der Waals surface area contributed by atoms with Crippen LogP contribution in [0, 0.1) is 43.4 Å². The van der Waals surface area contributed by atoms with Gasteiger partial charge in [-0.3, -0.25) is 0 Å². The van der Waals surface area contributed by atoms with Crippen molar-refractivity contribution in [1.29, 1.82) is 10.5 Å². The Balaban J connectivity index is 1.70. The van der Waals surface area contributed by atoms with Gasteiger partial charge in [-0.05, 0) is 93.3 Å². The minimum absolute atomic E-state index is 0.539. The molecule has 0 unspecified atom stereocenters. The average Bonchev–Trinajstić information content (AvgIpc) is 3.18. The summed E-state index contributed by atoms with van der Waals surface area (Å²) >= 11 is 0. The third-order valence-corrected chi connectivity index (χ3v) is 5.65. The van der Waals surface area contributed by atoms with Crippen LogP contribution in [-0.4, -0.2) is 16.5 Å². The van der Waals surface area contributed by atoms with Gasteiger partial charge in [-0.1, -0.05) is 0 Å². The SMILES string of the molecule is C/C(C#N)=C/c1cc(C)c(N2CCc3c(C)nc(Nc4ccc(C#N)cc4)nc32)c(C)c1. The quantitative estimate of drug-likeness (QED) is 0.550. The van der Waals surface area contributed by atoms with E-state index in [0.717, 1.165) is 52.5 Å². The van der Waals surface area contributed by atoms with Crippen molar-refractivity contribution in [2.45, 2.75) is 34.1 Å². The number of nitriles is 2. The lowest BCUT2D eigenvalue weighted by Gasteiger charge is -2.24. The summed E-state index contributed by atoms with van der Waals surface area (Å²) in [6, 6.07) is 15.8. The van der Waals surface area contributed by atoms with Crippen LogP contribution in [0.4, 0.5) is 23.1 Å². The molecular weight excluding hydrogens is 396 g/mol. The second-order valence-electron chi connectivity index (χ2n) is 8.09. The van der Waals surface area contributed by atoms with Crippen LogP contribution >= 0.6 is 0 Å². The molecule has 2 aromatic carbocycles. The van der Waals surface area contributed by atoms with Crippen LogP contribution in [-0.2, 0) is 6.42 Å². The Bertz CT molecular complexity index is 1280. The predicted molar refractivity (Wildman–Crippen MR) is 127 cm³/mol. The number of allylic oxidation sites excluding steroid dienone is 1. The van der Waals surface area contributed by atoms with E-state index in [1.807, 2.05) is 32.1 Å². The highest BCUT2D eigenvalue weighted by molar-refractivity contribution is 5.75. The first-order chi connectivity index (χ1) is 15.4. The van der Waals surface area contributed by atoms with Crippen molar-refractivity contribution < 1.29 is 0 Å². The first-order valence-electron chi connectivity index (χ1n) is 10.5. The van der Waals surface area contributed by atoms with Gasteiger partial charge in [0.15, 0.2) is 0 Å². The van der Waals surface area contributed by atoms with Gasteiger partial charge >= 0.3 is 0 Å². The van der Waals surface area contributed by atoms with Gasteiger partial charge in [0.25, 0.3) is 0 Å². The maximum absolute atomic E-state index is 9.09. The molecule has 0 bridgehead atoms. The first-order valence-corrected chi connectivity index (χ1v) is 10.5. The zero-order valence-corrected chi connectivity index (χ0v) is 18.7. The minimum Gasteiger partial charge on any atom is -0.325 e. The molecule has 6 heteroatoms. The third kappa shape index (κ3) is 4.04. The number of anilines is 4. The number of benzene rings is 2. The van der Waals surface area contributed by atoms with Crippen LogP contribution < -0.4 is 10.2 Å². The molecule has 0 fully saturated rings. The van der Waals surface area contributed by atoms with Crippen molar-refractivity contribution in [3.05, 3.63) is 75.5 Å². The fraction of sp³-hybridized carbons (Fsp3) is 0.231. The van der Waals surface area contributed by atoms with Crippen molar-refractivity contribution in [3.8, 4) is 12.1 Å². The number of hydrogen-bond donors (Lipinski definition) is 1. The van der Waals surface area contributed by atoms with Gasteiger partial charge in [-0.2, -0.15) is 15.5 Å². The molecule has 3 aromatic rings. The van der Waals surface area contributed by atoms with Gasteiger partial charge in [-0.25, -0.2) is 4.98 Å². The van der Waals surface area contributed by atoms with E-state index in [1.165, 1.54) is 5.56 Å². The van der Waals surface area contributed by atoms with E-state index >= 15 is 0 Å². The van der Waals surface area contributed by atoms with Crippen LogP contribution in [0.5, 0.6) is 0 Å². The molecule has 1 aromatic heterocycles. The number of rotatable bonds is 4. The summed E-state index contributed by atoms with van der Waals surface area (Å²) < 4.78 is 0. The molecule has 1 aliphatic rings. The number of fused-ring (bicyclic) bond motifs is 1. The minimum atomic E-state index is 0.539. The van der Waals surface area contributed by atoms with Crippen molar-refractivity contribution in [1.82, 2.24) is 9.97 Å². The topological polar surface area (TPSA) is 88.6 Å². The van der Waals surface area contributed by atoms with E-state index in [9.17, 15) is 0 Å². The van der Waals surface area contributed by atoms with E-state index in [-0.39, 0.29) is 0 Å². The zero-order chi connectivity index (χ0) is 22.8. The third-order valence-electron chi connectivity index (χ3n) is 5.65. The molecule has 4 rings (SSSR count). The summed E-state index contributed by atoms with van der Waals surface area (Å²) in [5.41, 5.74) is 8.74. The fourth-order valence-corrected chi connectivity index (χ4v) is 4.24. The Morgan fingerprint density at radius 3 is 2.38 bits per heavy atom. The number of nitrogens with one attached hydrogen (secondary N) is 1. The van der Waals surface area contributed by atoms with Crippen LogP contribution in [0.1, 0.15) is 40.4 Å². The predicted octanol–water partition coefficient (Wildman–Crippen LogP) is 5.64. The van der Waals surface area contributed by atoms with Gasteiger partial charge < -0.3 is 10.2 Å². The van der Waals surface area contributed by atoms with Gasteiger partial charge in [0.1, 0.15) is 5.82 Å². The van der Waals surface area contributed by atoms with Crippen LogP contribution in [0.3, 0.4) is 0 Å². The standard InChI is InChI=1S/C26H24N6/c1-16(14-27)11-21-12-17(2)24(18(3)13-21)32-10-9-23-19(4)29-26(31-25(23)32)30-22-7-5-20(15-28)6-8-22/h5-8,11-13H,9-10H2,1-4H3,(H,29,30,31)/b16-11-. The van der Waals surface area contributed by atoms with E-state index in [2.05, 4.69) is 53.3 Å². The number of hydrogen-bond acceptors (Lipinski definition) is 6. The van der Waals surface area contributed by atoms with Crippen LogP contribution in [0.2, 0.25) is 0 Å². The van der Waals surface area contributed by atoms with Gasteiger partial charge in [0.2, 0.25) is 5.95 Å². The molecule has 0 saturated heterocycles. The maximum Gasteiger partial charge on any atom is 0.229 e. The molecular formula is C26H24N6. The van der Waals surface area contributed by atoms with Gasteiger partial charge in [-0.15, -0.1) is 0 Å². The number of nitrogens with zero attached hydrogens (tertiary/aromatic N) is 5.